The molecule has 0 aliphatic heterocycles. The van der Waals surface area contributed by atoms with Gasteiger partial charge in [-0.25, -0.2) is 15.6 Å². The zero-order valence-electron chi connectivity index (χ0n) is 18.2. The van der Waals surface area contributed by atoms with Crippen molar-refractivity contribution in [2.45, 2.75) is 0 Å². The molecule has 0 saturated carbocycles. The van der Waals surface area contributed by atoms with E-state index in [4.69, 9.17) is 31.8 Å². The van der Waals surface area contributed by atoms with Crippen LogP contribution in [-0.4, -0.2) is 45.9 Å². The first-order chi connectivity index (χ1) is 16.4. The second-order valence-corrected chi connectivity index (χ2v) is 7.83. The summed E-state index contributed by atoms with van der Waals surface area (Å²) in [6.45, 7) is 0.191. The number of amides is 2. The Hall–Kier alpha value is -3.67. The summed E-state index contributed by atoms with van der Waals surface area (Å²) >= 11 is 6.79. The number of terminal acetylenes is 2. The zero-order chi connectivity index (χ0) is 24.9. The number of hydrazone groups is 2. The summed E-state index contributed by atoms with van der Waals surface area (Å²) in [5.74, 6) is 6.63. The van der Waals surface area contributed by atoms with Crippen LogP contribution in [0, 0.1) is 24.7 Å². The number of nitrogens with one attached hydrogen (secondary N) is 2. The predicted molar refractivity (Wildman–Crippen MR) is 137 cm³/mol. The maximum absolute atomic E-state index is 12.0. The summed E-state index contributed by atoms with van der Waals surface area (Å²) in [6, 6.07) is 6.18. The van der Waals surface area contributed by atoms with Crippen LogP contribution in [-0.2, 0) is 0 Å². The molecule has 0 aliphatic rings. The van der Waals surface area contributed by atoms with E-state index in [1.807, 2.05) is 0 Å². The van der Waals surface area contributed by atoms with E-state index in [0.29, 0.717) is 43.1 Å². The van der Waals surface area contributed by atoms with E-state index in [-0.39, 0.29) is 13.2 Å². The minimum Gasteiger partial charge on any atom is -0.493 e. The Morgan fingerprint density at radius 3 is 1.65 bits per heavy atom. The lowest BCUT2D eigenvalue weighted by molar-refractivity contribution is 0.242. The number of rotatable bonds is 10. The Kier molecular flexibility index (Phi) is 10.8. The first-order valence-corrected chi connectivity index (χ1v) is 11.0. The van der Waals surface area contributed by atoms with Crippen molar-refractivity contribution in [2.24, 2.45) is 10.2 Å². The van der Waals surface area contributed by atoms with Crippen LogP contribution in [0.25, 0.3) is 0 Å². The van der Waals surface area contributed by atoms with Gasteiger partial charge in [-0.2, -0.15) is 10.2 Å². The van der Waals surface area contributed by atoms with Crippen molar-refractivity contribution in [2.75, 3.05) is 27.4 Å². The highest BCUT2D eigenvalue weighted by Gasteiger charge is 2.12. The van der Waals surface area contributed by atoms with Gasteiger partial charge in [0, 0.05) is 0 Å². The molecule has 2 rings (SSSR count). The SMILES string of the molecule is C#CCOc1c(Br)cc(/C=N/NC(=O)N/N=C/c2cc(Br)c(OCC#C)c(OC)c2)cc1OC. The molecule has 9 nitrogen and oxygen atoms in total. The fraction of sp³-hybridized carbons (Fsp3) is 0.174. The molecule has 0 unspecified atom stereocenters. The van der Waals surface area contributed by atoms with Gasteiger partial charge in [-0.05, 0) is 67.3 Å². The van der Waals surface area contributed by atoms with E-state index < -0.39 is 6.03 Å². The lowest BCUT2D eigenvalue weighted by Crippen LogP contribution is -2.28. The summed E-state index contributed by atoms with van der Waals surface area (Å²) in [5.41, 5.74) is 5.90. The number of methoxy groups -OCH3 is 2. The van der Waals surface area contributed by atoms with Crippen molar-refractivity contribution in [3.05, 3.63) is 44.3 Å². The third-order valence-corrected chi connectivity index (χ3v) is 5.04. The number of hydrogen-bond acceptors (Lipinski definition) is 7. The molecule has 0 fully saturated rings. The summed E-state index contributed by atoms with van der Waals surface area (Å²) in [6.07, 6.45) is 13.3. The predicted octanol–water partition coefficient (Wildman–Crippen LogP) is 3.92. The van der Waals surface area contributed by atoms with Crippen LogP contribution in [0.15, 0.2) is 43.4 Å². The fourth-order valence-corrected chi connectivity index (χ4v) is 3.64. The molecule has 34 heavy (non-hydrogen) atoms. The minimum absolute atomic E-state index is 0.0953. The monoisotopic (exact) mass is 590 g/mol. The van der Waals surface area contributed by atoms with Gasteiger partial charge in [-0.15, -0.1) is 12.8 Å². The van der Waals surface area contributed by atoms with Gasteiger partial charge >= 0.3 is 6.03 Å². The molecule has 176 valence electrons. The second-order valence-electron chi connectivity index (χ2n) is 6.12. The van der Waals surface area contributed by atoms with Crippen LogP contribution in [0.5, 0.6) is 23.0 Å². The molecule has 0 aromatic heterocycles. The fourth-order valence-electron chi connectivity index (χ4n) is 2.49. The van der Waals surface area contributed by atoms with Crippen LogP contribution in [0.2, 0.25) is 0 Å². The molecule has 11 heteroatoms. The van der Waals surface area contributed by atoms with E-state index >= 15 is 0 Å². The quantitative estimate of drug-likeness (QED) is 0.248. The number of hydrogen-bond donors (Lipinski definition) is 2. The van der Waals surface area contributed by atoms with Crippen molar-refractivity contribution in [3.8, 4) is 47.7 Å². The standard InChI is InChI=1S/C23H20Br2N4O5/c1-5-7-33-21-17(24)9-15(11-19(21)31-3)13-26-28-23(30)29-27-14-16-10-18(25)22(34-8-6-2)20(12-16)32-4/h1-2,9-14H,7-8H2,3-4H3,(H2,28,29,30)/b26-13+,27-14+. The molecule has 0 radical (unpaired) electrons. The zero-order valence-corrected chi connectivity index (χ0v) is 21.4. The maximum atomic E-state index is 12.0. The van der Waals surface area contributed by atoms with Crippen molar-refractivity contribution in [1.82, 2.24) is 10.9 Å². The van der Waals surface area contributed by atoms with E-state index in [1.165, 1.54) is 26.6 Å². The third kappa shape index (κ3) is 7.73. The normalized spacial score (nSPS) is 10.4. The van der Waals surface area contributed by atoms with E-state index in [2.05, 4.69) is 64.8 Å². The Labute approximate surface area is 214 Å². The lowest BCUT2D eigenvalue weighted by atomic mass is 10.2. The minimum atomic E-state index is -0.646. The molecule has 0 saturated heterocycles. The molecular formula is C23H20Br2N4O5. The molecule has 2 aromatic carbocycles. The van der Waals surface area contributed by atoms with E-state index in [9.17, 15) is 4.79 Å². The number of carbonyl (C=O) groups excluding carboxylic acids is 1. The molecule has 0 atom stereocenters. The second kappa shape index (κ2) is 13.8. The van der Waals surface area contributed by atoms with Gasteiger partial charge in [0.1, 0.15) is 13.2 Å². The average molecular weight is 592 g/mol. The van der Waals surface area contributed by atoms with Crippen LogP contribution >= 0.6 is 31.9 Å². The van der Waals surface area contributed by atoms with Crippen molar-refractivity contribution in [3.63, 3.8) is 0 Å². The highest BCUT2D eigenvalue weighted by molar-refractivity contribution is 9.11. The number of ether oxygens (including phenoxy) is 4. The lowest BCUT2D eigenvalue weighted by Gasteiger charge is -2.11. The largest absolute Gasteiger partial charge is 0.493 e. The van der Waals surface area contributed by atoms with Crippen molar-refractivity contribution >= 4 is 50.3 Å². The first kappa shape index (κ1) is 26.6. The average Bonchev–Trinajstić information content (AvgIpc) is 2.82. The van der Waals surface area contributed by atoms with Crippen LogP contribution in [0.3, 0.4) is 0 Å². The number of urea groups is 1. The highest BCUT2D eigenvalue weighted by Crippen LogP contribution is 2.37. The van der Waals surface area contributed by atoms with E-state index in [0.717, 1.165) is 0 Å². The highest BCUT2D eigenvalue weighted by atomic mass is 79.9. The maximum Gasteiger partial charge on any atom is 0.355 e. The molecule has 0 spiro atoms. The van der Waals surface area contributed by atoms with Crippen molar-refractivity contribution in [1.29, 1.82) is 0 Å². The van der Waals surface area contributed by atoms with Gasteiger partial charge in [-0.3, -0.25) is 0 Å². The van der Waals surface area contributed by atoms with Gasteiger partial charge in [0.2, 0.25) is 0 Å². The molecular weight excluding hydrogens is 572 g/mol. The van der Waals surface area contributed by atoms with Crippen LogP contribution in [0.1, 0.15) is 11.1 Å². The van der Waals surface area contributed by atoms with Gasteiger partial charge < -0.3 is 18.9 Å². The Morgan fingerprint density at radius 1 is 0.882 bits per heavy atom. The van der Waals surface area contributed by atoms with Gasteiger partial charge in [0.15, 0.2) is 23.0 Å². The molecule has 2 amide bonds. The Bertz CT molecular complexity index is 1080. The van der Waals surface area contributed by atoms with Crippen LogP contribution < -0.4 is 29.8 Å². The molecule has 2 N–H and O–H groups in total. The third-order valence-electron chi connectivity index (χ3n) is 3.86. The van der Waals surface area contributed by atoms with E-state index in [1.54, 1.807) is 24.3 Å². The first-order valence-electron chi connectivity index (χ1n) is 9.43. The summed E-state index contributed by atoms with van der Waals surface area (Å²) in [5, 5.41) is 7.77. The topological polar surface area (TPSA) is 103 Å². The smallest absolute Gasteiger partial charge is 0.355 e. The summed E-state index contributed by atoms with van der Waals surface area (Å²) in [7, 11) is 3.00. The summed E-state index contributed by atoms with van der Waals surface area (Å²) < 4.78 is 22.8. The van der Waals surface area contributed by atoms with Gasteiger partial charge in [-0.1, -0.05) is 11.8 Å². The Morgan fingerprint density at radius 2 is 1.29 bits per heavy atom. The number of benzene rings is 2. The molecule has 2 aromatic rings. The van der Waals surface area contributed by atoms with Gasteiger partial charge in [0.25, 0.3) is 0 Å². The van der Waals surface area contributed by atoms with Crippen molar-refractivity contribution < 1.29 is 23.7 Å². The van der Waals surface area contributed by atoms with Gasteiger partial charge in [0.05, 0.1) is 35.6 Å². The summed E-state index contributed by atoms with van der Waals surface area (Å²) in [4.78, 5) is 12.0. The Balaban J connectivity index is 1.98. The molecule has 0 aliphatic carbocycles. The number of carbonyl (C=O) groups is 1. The molecule has 0 bridgehead atoms. The molecule has 0 heterocycles. The number of halogens is 2. The van der Waals surface area contributed by atoms with Crippen LogP contribution in [0.4, 0.5) is 4.79 Å². The number of nitrogens with zero attached hydrogens (tertiary/aromatic N) is 2.